The molecule has 3 aromatic carbocycles. The van der Waals surface area contributed by atoms with Gasteiger partial charge in [0.15, 0.2) is 0 Å². The highest BCUT2D eigenvalue weighted by Crippen LogP contribution is 2.31. The Hall–Kier alpha value is -3.38. The first-order chi connectivity index (χ1) is 15.6. The van der Waals surface area contributed by atoms with Gasteiger partial charge in [-0.2, -0.15) is 0 Å². The van der Waals surface area contributed by atoms with E-state index in [0.29, 0.717) is 25.3 Å². The lowest BCUT2D eigenvalue weighted by Crippen LogP contribution is -2.48. The van der Waals surface area contributed by atoms with Crippen LogP contribution in [0.3, 0.4) is 0 Å². The number of hydrogen-bond acceptors (Lipinski definition) is 3. The van der Waals surface area contributed by atoms with E-state index >= 15 is 0 Å². The van der Waals surface area contributed by atoms with Crippen LogP contribution in [0, 0.1) is 5.82 Å². The van der Waals surface area contributed by atoms with Crippen molar-refractivity contribution in [1.29, 1.82) is 0 Å². The zero-order valence-electron chi connectivity index (χ0n) is 18.2. The molecule has 32 heavy (non-hydrogen) atoms. The van der Waals surface area contributed by atoms with Crippen LogP contribution in [0.4, 0.5) is 15.8 Å². The molecule has 0 aliphatic carbocycles. The first-order valence-electron chi connectivity index (χ1n) is 11.2. The molecule has 1 fully saturated rings. The Morgan fingerprint density at radius 3 is 2.41 bits per heavy atom. The summed E-state index contributed by atoms with van der Waals surface area (Å²) in [6.45, 7) is 6.24. The Morgan fingerprint density at radius 1 is 0.906 bits per heavy atom. The molecule has 1 aromatic heterocycles. The molecular weight excluding hydrogens is 403 g/mol. The van der Waals surface area contributed by atoms with E-state index in [4.69, 9.17) is 0 Å². The number of benzene rings is 3. The van der Waals surface area contributed by atoms with Gasteiger partial charge in [0.25, 0.3) is 0 Å². The number of nitrogens with zero attached hydrogens (tertiary/aromatic N) is 3. The Kier molecular flexibility index (Phi) is 5.53. The fourth-order valence-corrected chi connectivity index (χ4v) is 4.73. The number of fused-ring (bicyclic) bond motifs is 3. The number of hydrogen-bond donors (Lipinski definition) is 1. The van der Waals surface area contributed by atoms with E-state index in [0.717, 1.165) is 30.7 Å². The number of piperazine rings is 1. The highest BCUT2D eigenvalue weighted by atomic mass is 19.1. The standard InChI is InChI=1S/C26H27FN4O/c1-2-31-23-9-5-3-7-20(23)21-17-19(11-12-24(21)31)28-26(32)18-29-13-15-30(16-14-29)25-10-6-4-8-22(25)27/h3-12,17H,2,13-16,18H2,1H3,(H,28,32). The zero-order valence-corrected chi connectivity index (χ0v) is 18.2. The summed E-state index contributed by atoms with van der Waals surface area (Å²) >= 11 is 0. The third kappa shape index (κ3) is 3.82. The van der Waals surface area contributed by atoms with Crippen molar-refractivity contribution in [2.75, 3.05) is 42.9 Å². The predicted octanol–water partition coefficient (Wildman–Crippen LogP) is 4.71. The van der Waals surface area contributed by atoms with Crippen LogP contribution in [0.2, 0.25) is 0 Å². The lowest BCUT2D eigenvalue weighted by molar-refractivity contribution is -0.117. The molecule has 0 saturated carbocycles. The number of nitrogens with one attached hydrogen (secondary N) is 1. The molecule has 2 heterocycles. The number of anilines is 2. The highest BCUT2D eigenvalue weighted by Gasteiger charge is 2.21. The molecule has 0 spiro atoms. The van der Waals surface area contributed by atoms with Gasteiger partial charge in [-0.3, -0.25) is 9.69 Å². The van der Waals surface area contributed by atoms with E-state index in [9.17, 15) is 9.18 Å². The highest BCUT2D eigenvalue weighted by molar-refractivity contribution is 6.09. The lowest BCUT2D eigenvalue weighted by Gasteiger charge is -2.35. The Morgan fingerprint density at radius 2 is 1.62 bits per heavy atom. The minimum absolute atomic E-state index is 0.0251. The van der Waals surface area contributed by atoms with Crippen molar-refractivity contribution < 1.29 is 9.18 Å². The monoisotopic (exact) mass is 430 g/mol. The minimum Gasteiger partial charge on any atom is -0.367 e. The van der Waals surface area contributed by atoms with Gasteiger partial charge in [0.1, 0.15) is 5.82 Å². The molecule has 1 N–H and O–H groups in total. The molecule has 1 saturated heterocycles. The maximum absolute atomic E-state index is 14.0. The first kappa shape index (κ1) is 20.5. The summed E-state index contributed by atoms with van der Waals surface area (Å²) < 4.78 is 16.3. The van der Waals surface area contributed by atoms with Gasteiger partial charge in [0.2, 0.25) is 5.91 Å². The largest absolute Gasteiger partial charge is 0.367 e. The SMILES string of the molecule is CCn1c2ccccc2c2cc(NC(=O)CN3CCN(c4ccccc4F)CC3)ccc21. The summed E-state index contributed by atoms with van der Waals surface area (Å²) in [4.78, 5) is 16.9. The molecule has 5 nitrogen and oxygen atoms in total. The van der Waals surface area contributed by atoms with E-state index in [-0.39, 0.29) is 11.7 Å². The van der Waals surface area contributed by atoms with Gasteiger partial charge in [-0.15, -0.1) is 0 Å². The summed E-state index contributed by atoms with van der Waals surface area (Å²) in [5.41, 5.74) is 3.83. The summed E-state index contributed by atoms with van der Waals surface area (Å²) in [7, 11) is 0. The van der Waals surface area contributed by atoms with Gasteiger partial charge in [0, 0.05) is 60.2 Å². The second-order valence-corrected chi connectivity index (χ2v) is 8.26. The van der Waals surface area contributed by atoms with Gasteiger partial charge >= 0.3 is 0 Å². The molecule has 0 bridgehead atoms. The molecule has 0 atom stereocenters. The van der Waals surface area contributed by atoms with E-state index < -0.39 is 0 Å². The summed E-state index contributed by atoms with van der Waals surface area (Å²) in [5.74, 6) is -0.221. The van der Waals surface area contributed by atoms with Crippen molar-refractivity contribution in [2.24, 2.45) is 0 Å². The molecule has 4 aromatic rings. The third-order valence-corrected chi connectivity index (χ3v) is 6.30. The van der Waals surface area contributed by atoms with Crippen LogP contribution in [0.5, 0.6) is 0 Å². The minimum atomic E-state index is -0.196. The van der Waals surface area contributed by atoms with Crippen LogP contribution in [0.15, 0.2) is 66.7 Å². The van der Waals surface area contributed by atoms with Crippen molar-refractivity contribution in [2.45, 2.75) is 13.5 Å². The molecule has 0 radical (unpaired) electrons. The fourth-order valence-electron chi connectivity index (χ4n) is 4.73. The molecule has 6 heteroatoms. The molecule has 1 aliphatic heterocycles. The summed E-state index contributed by atoms with van der Waals surface area (Å²) in [6.07, 6.45) is 0. The Balaban J connectivity index is 1.25. The van der Waals surface area contributed by atoms with Gasteiger partial charge in [0.05, 0.1) is 12.2 Å². The van der Waals surface area contributed by atoms with Crippen LogP contribution in [0.1, 0.15) is 6.92 Å². The van der Waals surface area contributed by atoms with Crippen molar-refractivity contribution in [3.63, 3.8) is 0 Å². The maximum Gasteiger partial charge on any atom is 0.238 e. The zero-order chi connectivity index (χ0) is 22.1. The molecule has 0 unspecified atom stereocenters. The number of carbonyl (C=O) groups excluding carboxylic acids is 1. The van der Waals surface area contributed by atoms with Gasteiger partial charge in [-0.1, -0.05) is 30.3 Å². The van der Waals surface area contributed by atoms with Crippen molar-refractivity contribution in [1.82, 2.24) is 9.47 Å². The number of rotatable bonds is 5. The topological polar surface area (TPSA) is 40.5 Å². The summed E-state index contributed by atoms with van der Waals surface area (Å²) in [6, 6.07) is 21.4. The molecule has 164 valence electrons. The number of amides is 1. The van der Waals surface area contributed by atoms with Crippen LogP contribution < -0.4 is 10.2 Å². The van der Waals surface area contributed by atoms with Crippen molar-refractivity contribution in [3.8, 4) is 0 Å². The molecule has 5 rings (SSSR count). The fraction of sp³-hybridized carbons (Fsp3) is 0.269. The maximum atomic E-state index is 14.0. The lowest BCUT2D eigenvalue weighted by atomic mass is 10.1. The van der Waals surface area contributed by atoms with Crippen LogP contribution in [-0.4, -0.2) is 48.1 Å². The number of para-hydroxylation sites is 2. The third-order valence-electron chi connectivity index (χ3n) is 6.30. The average Bonchev–Trinajstić information content (AvgIpc) is 3.13. The van der Waals surface area contributed by atoms with E-state index in [2.05, 4.69) is 52.0 Å². The predicted molar refractivity (Wildman–Crippen MR) is 129 cm³/mol. The van der Waals surface area contributed by atoms with E-state index in [1.807, 2.05) is 29.2 Å². The molecular formula is C26H27FN4O. The van der Waals surface area contributed by atoms with Gasteiger partial charge in [-0.25, -0.2) is 4.39 Å². The van der Waals surface area contributed by atoms with E-state index in [1.165, 1.54) is 22.5 Å². The first-order valence-corrected chi connectivity index (χ1v) is 11.2. The molecule has 1 amide bonds. The molecule has 1 aliphatic rings. The smallest absolute Gasteiger partial charge is 0.238 e. The van der Waals surface area contributed by atoms with E-state index in [1.54, 1.807) is 6.07 Å². The number of carbonyl (C=O) groups is 1. The van der Waals surface area contributed by atoms with Crippen LogP contribution >= 0.6 is 0 Å². The number of aromatic nitrogens is 1. The van der Waals surface area contributed by atoms with Crippen molar-refractivity contribution in [3.05, 3.63) is 72.5 Å². The van der Waals surface area contributed by atoms with Gasteiger partial charge in [-0.05, 0) is 43.3 Å². The van der Waals surface area contributed by atoms with Gasteiger partial charge < -0.3 is 14.8 Å². The average molecular weight is 431 g/mol. The number of halogens is 1. The summed E-state index contributed by atoms with van der Waals surface area (Å²) in [5, 5.41) is 5.41. The Labute approximate surface area is 187 Å². The quantitative estimate of drug-likeness (QED) is 0.498. The van der Waals surface area contributed by atoms with Crippen LogP contribution in [0.25, 0.3) is 21.8 Å². The normalized spacial score (nSPS) is 14.9. The second kappa shape index (κ2) is 8.63. The Bertz CT molecular complexity index is 1270. The number of aryl methyl sites for hydroxylation is 1. The second-order valence-electron chi connectivity index (χ2n) is 8.26. The van der Waals surface area contributed by atoms with Crippen molar-refractivity contribution >= 4 is 39.1 Å². The van der Waals surface area contributed by atoms with Crippen LogP contribution in [-0.2, 0) is 11.3 Å².